The maximum atomic E-state index is 15.2. The number of aliphatic hydroxyl groups excluding tert-OH is 1. The monoisotopic (exact) mass is 1260 g/mol. The van der Waals surface area contributed by atoms with Crippen LogP contribution in [0.25, 0.3) is 0 Å². The number of aliphatic hydroxyl groups is 1. The van der Waals surface area contributed by atoms with Crippen LogP contribution in [-0.2, 0) is 57.5 Å². The molecule has 0 bridgehead atoms. The minimum absolute atomic E-state index is 0.0569. The van der Waals surface area contributed by atoms with E-state index >= 15 is 19.2 Å². The third kappa shape index (κ3) is 22.6. The summed E-state index contributed by atoms with van der Waals surface area (Å²) in [5.41, 5.74) is 5.89. The van der Waals surface area contributed by atoms with E-state index in [1.165, 1.54) is 82.8 Å². The minimum atomic E-state index is -1.72. The molecule has 0 radical (unpaired) electrons. The third-order valence-corrected chi connectivity index (χ3v) is 16.6. The molecule has 0 saturated carbocycles. The first kappa shape index (κ1) is 80.8. The van der Waals surface area contributed by atoms with Gasteiger partial charge in [-0.2, -0.15) is 0 Å². The first-order valence-corrected chi connectivity index (χ1v) is 31.9. The number of likely N-dealkylation sites (N-methyl/N-ethyl adjacent to an activating group) is 7. The summed E-state index contributed by atoms with van der Waals surface area (Å²) in [5, 5.41) is 23.2. The van der Waals surface area contributed by atoms with E-state index in [1.54, 1.807) is 60.6 Å². The van der Waals surface area contributed by atoms with Gasteiger partial charge in [0.25, 0.3) is 5.91 Å². The Labute approximate surface area is 532 Å². The van der Waals surface area contributed by atoms with Crippen molar-refractivity contribution in [3.05, 3.63) is 12.2 Å². The van der Waals surface area contributed by atoms with Crippen LogP contribution >= 0.6 is 0 Å². The first-order valence-electron chi connectivity index (χ1n) is 31.9. The zero-order valence-electron chi connectivity index (χ0n) is 58.3. The lowest BCUT2D eigenvalue weighted by atomic mass is 9.91. The first-order chi connectivity index (χ1) is 41.2. The highest BCUT2D eigenvalue weighted by molar-refractivity contribution is 6.00. The van der Waals surface area contributed by atoms with Crippen molar-refractivity contribution in [3.63, 3.8) is 0 Å². The summed E-state index contributed by atoms with van der Waals surface area (Å²) in [7, 11) is 9.72. The summed E-state index contributed by atoms with van der Waals surface area (Å²) in [5.74, 6) is -10.5. The predicted molar refractivity (Wildman–Crippen MR) is 342 cm³/mol. The second kappa shape index (κ2) is 37.2. The van der Waals surface area contributed by atoms with Gasteiger partial charge in [0.1, 0.15) is 60.4 Å². The molecule has 0 aromatic rings. The van der Waals surface area contributed by atoms with Gasteiger partial charge in [0.15, 0.2) is 0 Å². The Morgan fingerprint density at radius 1 is 0.472 bits per heavy atom. The van der Waals surface area contributed by atoms with Gasteiger partial charge in [-0.1, -0.05) is 109 Å². The predicted octanol–water partition coefficient (Wildman–Crippen LogP) is 2.57. The highest BCUT2D eigenvalue weighted by Gasteiger charge is 2.46. The normalized spacial score (nSPS) is 27.1. The molecule has 1 aliphatic heterocycles. The Morgan fingerprint density at radius 3 is 1.33 bits per heavy atom. The number of hydrogen-bond donors (Lipinski definition) is 6. The van der Waals surface area contributed by atoms with Gasteiger partial charge in [-0.25, -0.2) is 0 Å². The molecule has 1 saturated heterocycles. The Balaban J connectivity index is 4.48. The summed E-state index contributed by atoms with van der Waals surface area (Å²) in [6.07, 6.45) is 1.02. The van der Waals surface area contributed by atoms with E-state index in [9.17, 15) is 38.7 Å². The van der Waals surface area contributed by atoms with Crippen molar-refractivity contribution >= 4 is 65.0 Å². The van der Waals surface area contributed by atoms with Crippen LogP contribution in [0.3, 0.4) is 0 Å². The lowest BCUT2D eigenvalue weighted by Crippen LogP contribution is -2.64. The van der Waals surface area contributed by atoms with Gasteiger partial charge in [-0.05, 0) is 101 Å². The number of hydrogen-bond acceptors (Lipinski definition) is 14. The number of nitrogens with one attached hydrogen (secondary N) is 4. The molecule has 0 aromatic heterocycles. The second-order valence-electron chi connectivity index (χ2n) is 26.8. The summed E-state index contributed by atoms with van der Waals surface area (Å²) >= 11 is 0. The summed E-state index contributed by atoms with van der Waals surface area (Å²) in [4.78, 5) is 170. The van der Waals surface area contributed by atoms with Crippen LogP contribution in [0.2, 0.25) is 0 Å². The van der Waals surface area contributed by atoms with Gasteiger partial charge in [0.05, 0.1) is 12.7 Å². The molecule has 25 heteroatoms. The number of nitrogens with two attached hydrogens (primary N) is 1. The van der Waals surface area contributed by atoms with Crippen molar-refractivity contribution in [3.8, 4) is 0 Å². The van der Waals surface area contributed by atoms with E-state index in [0.29, 0.717) is 0 Å². The molecule has 510 valence electrons. The molecule has 25 nitrogen and oxygen atoms in total. The highest BCUT2D eigenvalue weighted by Crippen LogP contribution is 2.26. The van der Waals surface area contributed by atoms with Gasteiger partial charge in [-0.15, -0.1) is 0 Å². The number of amides is 11. The molecule has 11 amide bonds. The van der Waals surface area contributed by atoms with E-state index in [-0.39, 0.29) is 75.3 Å². The zero-order valence-corrected chi connectivity index (χ0v) is 58.3. The van der Waals surface area contributed by atoms with Gasteiger partial charge in [-0.3, -0.25) is 52.7 Å². The quantitative estimate of drug-likeness (QED) is 0.108. The largest absolute Gasteiger partial charge is 0.390 e. The van der Waals surface area contributed by atoms with E-state index in [0.717, 1.165) is 14.7 Å². The van der Waals surface area contributed by atoms with Crippen LogP contribution in [-0.4, -0.2) is 240 Å². The Kier molecular flexibility index (Phi) is 33.8. The van der Waals surface area contributed by atoms with E-state index < -0.39 is 155 Å². The van der Waals surface area contributed by atoms with Crippen LogP contribution in [0.1, 0.15) is 156 Å². The van der Waals surface area contributed by atoms with Crippen LogP contribution in [0.5, 0.6) is 0 Å². The van der Waals surface area contributed by atoms with Gasteiger partial charge in [0.2, 0.25) is 65.3 Å². The van der Waals surface area contributed by atoms with Crippen LogP contribution in [0, 0.1) is 41.4 Å². The fourth-order valence-corrected chi connectivity index (χ4v) is 11.1. The average Bonchev–Trinajstić information content (AvgIpc) is 2.43. The molecule has 1 rings (SSSR count). The number of carbonyl (C=O) groups excluding carboxylic acids is 11. The average molecular weight is 1260 g/mol. The summed E-state index contributed by atoms with van der Waals surface area (Å²) in [6.45, 7) is 29.3. The van der Waals surface area contributed by atoms with Crippen molar-refractivity contribution < 1.29 is 62.6 Å². The van der Waals surface area contributed by atoms with Crippen molar-refractivity contribution in [2.45, 2.75) is 229 Å². The van der Waals surface area contributed by atoms with Crippen LogP contribution in [0.15, 0.2) is 12.2 Å². The Hall–Kier alpha value is -6.21. The molecule has 1 fully saturated rings. The summed E-state index contributed by atoms with van der Waals surface area (Å²) in [6, 6.07) is -12.8. The molecule has 0 aliphatic carbocycles. The Morgan fingerprint density at radius 2 is 0.888 bits per heavy atom. The van der Waals surface area contributed by atoms with Crippen LogP contribution < -0.4 is 27.0 Å². The summed E-state index contributed by atoms with van der Waals surface area (Å²) < 4.78 is 5.99. The van der Waals surface area contributed by atoms with Crippen molar-refractivity contribution in [2.24, 2.45) is 47.2 Å². The molecule has 1 heterocycles. The van der Waals surface area contributed by atoms with Crippen LogP contribution in [0.4, 0.5) is 0 Å². The van der Waals surface area contributed by atoms with Gasteiger partial charge in [0, 0.05) is 55.9 Å². The minimum Gasteiger partial charge on any atom is -0.390 e. The highest BCUT2D eigenvalue weighted by atomic mass is 16.5. The molecule has 89 heavy (non-hydrogen) atoms. The third-order valence-electron chi connectivity index (χ3n) is 16.6. The Bertz CT molecular complexity index is 2420. The molecular formula is C64H116N12O13. The standard InChI is InChI=1S/C64H116N12O13/c1-25-27-28-41(15)52(77)51-56(81)68-44(26-2)58(83)76(24)64(89-30-29-65)63(88)71(19)46(32-36(5)6)55(80)69-49(39(11)12)61(86)70(18)45(31-35(3)4)54(79)66-42(16)53(78)67-43(17)57(82)72(20)47(33-37(7)8)59(84)73(21)48(34-38(9)10)60(85)74(22)50(40(13)14)62(87)75(51)23/h25,27,35-52,64,77H,26,28-34,65H2,1-24H3,(H,66,79)(H,67,78)(H,68,81)(H,69,80)/b27-25+/t41-,42+,43-,44+,45+,46+,47+,48+,49+,50+,51?,52-,64?/m1/s1. The molecule has 13 atom stereocenters. The topological polar surface area (TPSA) is 314 Å². The molecule has 0 spiro atoms. The van der Waals surface area contributed by atoms with Crippen molar-refractivity contribution in [2.75, 3.05) is 62.5 Å². The van der Waals surface area contributed by atoms with Gasteiger partial charge < -0.3 is 71.1 Å². The second-order valence-corrected chi connectivity index (χ2v) is 26.8. The molecular weight excluding hydrogens is 1140 g/mol. The molecule has 1 aliphatic rings. The fraction of sp³-hybridized carbons (Fsp3) is 0.797. The maximum absolute atomic E-state index is 15.2. The molecule has 0 aromatic carbocycles. The van der Waals surface area contributed by atoms with Crippen molar-refractivity contribution in [1.29, 1.82) is 0 Å². The SMILES string of the molecule is C/C=C/C[C@@H](C)[C@@H](O)C1C(=O)N[C@@H](CC)C(=O)N(C)C(OCCN)C(=O)N(C)[C@@H](CC(C)C)C(=O)N[C@@H](C(C)C)C(=O)N(C)[C@@H](CC(C)C)C(=O)N[C@@H](C)C(=O)N[C@H](C)C(=O)N(C)[C@@H](CC(C)C)C(=O)N(C)[C@@H](CC(C)C)C(=O)N(C)[C@@H](C(C)C)C(=O)N1C. The van der Waals surface area contributed by atoms with Crippen molar-refractivity contribution in [1.82, 2.24) is 55.6 Å². The maximum Gasteiger partial charge on any atom is 0.273 e. The van der Waals surface area contributed by atoms with Gasteiger partial charge >= 0.3 is 0 Å². The van der Waals surface area contributed by atoms with E-state index in [2.05, 4.69) is 21.3 Å². The lowest BCUT2D eigenvalue weighted by molar-refractivity contribution is -0.167. The number of carbonyl (C=O) groups is 11. The smallest absolute Gasteiger partial charge is 0.273 e. The molecule has 2 unspecified atom stereocenters. The fourth-order valence-electron chi connectivity index (χ4n) is 11.1. The number of rotatable bonds is 18. The van der Waals surface area contributed by atoms with E-state index in [1.807, 2.05) is 55.4 Å². The zero-order chi connectivity index (χ0) is 69.0. The van der Waals surface area contributed by atoms with E-state index in [4.69, 9.17) is 10.5 Å². The number of allylic oxidation sites excluding steroid dienone is 2. The lowest BCUT2D eigenvalue weighted by Gasteiger charge is -2.41. The molecule has 7 N–H and O–H groups in total. The number of nitrogens with zero attached hydrogens (tertiary/aromatic N) is 7. The number of ether oxygens (including phenoxy) is 1.